The summed E-state index contributed by atoms with van der Waals surface area (Å²) in [5.41, 5.74) is 2.72. The standard InChI is InChI=1S/C24H30FN3O3S2/c1-4-27(5-2)33(29,30)20-11-12-22-21(14-20)26-24(28(22)15-19-10-7-13-31-19)32-16-18-9-6-8-17(3)23(18)25/h6,8-9,11-12,14,19H,4-5,7,10,13,15-16H2,1-3H3/t19-/m1/s1. The van der Waals surface area contributed by atoms with Crippen LogP contribution in [0.3, 0.4) is 0 Å². The van der Waals surface area contributed by atoms with Gasteiger partial charge in [0.25, 0.3) is 0 Å². The Bertz CT molecular complexity index is 1230. The summed E-state index contributed by atoms with van der Waals surface area (Å²) in [6.07, 6.45) is 2.10. The van der Waals surface area contributed by atoms with Gasteiger partial charge in [-0.2, -0.15) is 4.31 Å². The van der Waals surface area contributed by atoms with Gasteiger partial charge in [0.15, 0.2) is 5.16 Å². The first-order valence-electron chi connectivity index (χ1n) is 11.3. The van der Waals surface area contributed by atoms with E-state index < -0.39 is 10.0 Å². The van der Waals surface area contributed by atoms with Gasteiger partial charge in [-0.15, -0.1) is 0 Å². The number of hydrogen-bond donors (Lipinski definition) is 0. The number of sulfonamides is 1. The van der Waals surface area contributed by atoms with E-state index in [4.69, 9.17) is 9.72 Å². The number of nitrogens with zero attached hydrogens (tertiary/aromatic N) is 3. The van der Waals surface area contributed by atoms with E-state index in [1.54, 1.807) is 31.2 Å². The molecule has 0 bridgehead atoms. The number of benzene rings is 2. The lowest BCUT2D eigenvalue weighted by Gasteiger charge is -2.18. The van der Waals surface area contributed by atoms with Crippen molar-refractivity contribution in [1.82, 2.24) is 13.9 Å². The first-order valence-corrected chi connectivity index (χ1v) is 13.8. The molecule has 0 radical (unpaired) electrons. The predicted octanol–water partition coefficient (Wildman–Crippen LogP) is 4.99. The smallest absolute Gasteiger partial charge is 0.243 e. The second-order valence-electron chi connectivity index (χ2n) is 8.22. The summed E-state index contributed by atoms with van der Waals surface area (Å²) in [6, 6.07) is 10.5. The molecule has 1 aliphatic heterocycles. The molecule has 0 aliphatic carbocycles. The van der Waals surface area contributed by atoms with E-state index >= 15 is 0 Å². The van der Waals surface area contributed by atoms with Crippen molar-refractivity contribution in [3.8, 4) is 0 Å². The van der Waals surface area contributed by atoms with E-state index in [0.29, 0.717) is 42.0 Å². The van der Waals surface area contributed by atoms with Crippen molar-refractivity contribution in [2.24, 2.45) is 0 Å². The fraction of sp³-hybridized carbons (Fsp3) is 0.458. The second kappa shape index (κ2) is 10.1. The summed E-state index contributed by atoms with van der Waals surface area (Å²) < 4.78 is 49.9. The summed E-state index contributed by atoms with van der Waals surface area (Å²) in [5, 5.41) is 0.735. The number of thioether (sulfide) groups is 1. The lowest BCUT2D eigenvalue weighted by atomic mass is 10.1. The number of ether oxygens (including phenoxy) is 1. The number of halogens is 1. The van der Waals surface area contributed by atoms with E-state index in [1.807, 2.05) is 26.0 Å². The van der Waals surface area contributed by atoms with Crippen molar-refractivity contribution in [1.29, 1.82) is 0 Å². The van der Waals surface area contributed by atoms with E-state index in [1.165, 1.54) is 16.1 Å². The molecule has 1 aromatic heterocycles. The molecule has 0 N–H and O–H groups in total. The first kappa shape index (κ1) is 24.2. The van der Waals surface area contributed by atoms with Crippen LogP contribution in [0.4, 0.5) is 4.39 Å². The maximum Gasteiger partial charge on any atom is 0.243 e. The summed E-state index contributed by atoms with van der Waals surface area (Å²) >= 11 is 1.46. The Balaban J connectivity index is 1.71. The summed E-state index contributed by atoms with van der Waals surface area (Å²) in [5.74, 6) is 0.242. The van der Waals surface area contributed by atoms with Crippen LogP contribution in [0.25, 0.3) is 11.0 Å². The van der Waals surface area contributed by atoms with Gasteiger partial charge in [-0.05, 0) is 49.1 Å². The van der Waals surface area contributed by atoms with Crippen molar-refractivity contribution in [2.45, 2.75) is 62.1 Å². The molecule has 1 atom stereocenters. The Kier molecular flexibility index (Phi) is 7.43. The third-order valence-electron chi connectivity index (χ3n) is 6.07. The van der Waals surface area contributed by atoms with E-state index in [2.05, 4.69) is 4.57 Å². The number of aromatic nitrogens is 2. The highest BCUT2D eigenvalue weighted by Gasteiger charge is 2.25. The molecule has 1 fully saturated rings. The molecular formula is C24H30FN3O3S2. The molecule has 2 heterocycles. The van der Waals surface area contributed by atoms with Crippen LogP contribution in [0, 0.1) is 12.7 Å². The molecule has 1 saturated heterocycles. The van der Waals surface area contributed by atoms with Crippen LogP contribution in [0.2, 0.25) is 0 Å². The maximum absolute atomic E-state index is 14.5. The zero-order valence-electron chi connectivity index (χ0n) is 19.3. The number of fused-ring (bicyclic) bond motifs is 1. The molecule has 9 heteroatoms. The molecule has 4 rings (SSSR count). The van der Waals surface area contributed by atoms with Crippen LogP contribution in [-0.2, 0) is 27.1 Å². The molecule has 2 aromatic carbocycles. The summed E-state index contributed by atoms with van der Waals surface area (Å²) in [6.45, 7) is 7.62. The molecule has 3 aromatic rings. The van der Waals surface area contributed by atoms with E-state index in [9.17, 15) is 12.8 Å². The van der Waals surface area contributed by atoms with Crippen LogP contribution in [-0.4, -0.2) is 48.1 Å². The Morgan fingerprint density at radius 3 is 2.73 bits per heavy atom. The highest BCUT2D eigenvalue weighted by molar-refractivity contribution is 7.98. The number of hydrogen-bond acceptors (Lipinski definition) is 5. The molecule has 0 amide bonds. The van der Waals surface area contributed by atoms with Crippen LogP contribution in [0.1, 0.15) is 37.8 Å². The Labute approximate surface area is 199 Å². The van der Waals surface area contributed by atoms with Crippen molar-refractivity contribution in [3.63, 3.8) is 0 Å². The minimum absolute atomic E-state index is 0.0940. The SMILES string of the molecule is CCN(CC)S(=O)(=O)c1ccc2c(c1)nc(SCc1cccc(C)c1F)n2C[C@H]1CCCO1. The second-order valence-corrected chi connectivity index (χ2v) is 11.1. The average molecular weight is 492 g/mol. The van der Waals surface area contributed by atoms with Crippen molar-refractivity contribution >= 4 is 32.8 Å². The third-order valence-corrected chi connectivity index (χ3v) is 9.14. The minimum atomic E-state index is -3.58. The molecule has 1 aliphatic rings. The van der Waals surface area contributed by atoms with Gasteiger partial charge in [0.2, 0.25) is 10.0 Å². The normalized spacial score (nSPS) is 16.8. The zero-order chi connectivity index (χ0) is 23.6. The number of imidazole rings is 1. The molecule has 0 unspecified atom stereocenters. The Morgan fingerprint density at radius 2 is 2.03 bits per heavy atom. The Morgan fingerprint density at radius 1 is 1.24 bits per heavy atom. The molecule has 0 saturated carbocycles. The Hall–Kier alpha value is -1.94. The quantitative estimate of drug-likeness (QED) is 0.395. The first-order chi connectivity index (χ1) is 15.8. The van der Waals surface area contributed by atoms with Gasteiger partial charge in [0.05, 0.1) is 28.6 Å². The molecule has 178 valence electrons. The lowest BCUT2D eigenvalue weighted by Crippen LogP contribution is -2.30. The predicted molar refractivity (Wildman–Crippen MR) is 130 cm³/mol. The summed E-state index contributed by atoms with van der Waals surface area (Å²) in [4.78, 5) is 5.01. The molecule has 0 spiro atoms. The van der Waals surface area contributed by atoms with Crippen LogP contribution in [0.5, 0.6) is 0 Å². The number of aryl methyl sites for hydroxylation is 1. The zero-order valence-corrected chi connectivity index (χ0v) is 20.9. The monoisotopic (exact) mass is 491 g/mol. The fourth-order valence-corrected chi connectivity index (χ4v) is 6.68. The van der Waals surface area contributed by atoms with E-state index in [0.717, 1.165) is 30.1 Å². The van der Waals surface area contributed by atoms with Crippen molar-refractivity contribution in [2.75, 3.05) is 19.7 Å². The average Bonchev–Trinajstić information content (AvgIpc) is 3.43. The highest BCUT2D eigenvalue weighted by atomic mass is 32.2. The van der Waals surface area contributed by atoms with Gasteiger partial charge in [0.1, 0.15) is 5.82 Å². The van der Waals surface area contributed by atoms with Gasteiger partial charge in [-0.1, -0.05) is 43.8 Å². The highest BCUT2D eigenvalue weighted by Crippen LogP contribution is 2.31. The lowest BCUT2D eigenvalue weighted by molar-refractivity contribution is 0.0960. The van der Waals surface area contributed by atoms with E-state index in [-0.39, 0.29) is 16.8 Å². The van der Waals surface area contributed by atoms with Gasteiger partial charge in [0, 0.05) is 25.4 Å². The maximum atomic E-state index is 14.5. The van der Waals surface area contributed by atoms with Crippen molar-refractivity contribution in [3.05, 3.63) is 53.3 Å². The summed E-state index contributed by atoms with van der Waals surface area (Å²) in [7, 11) is -3.58. The van der Waals surface area contributed by atoms with Crippen molar-refractivity contribution < 1.29 is 17.5 Å². The molecule has 33 heavy (non-hydrogen) atoms. The number of rotatable bonds is 9. The van der Waals surface area contributed by atoms with Crippen LogP contribution >= 0.6 is 11.8 Å². The third kappa shape index (κ3) is 4.96. The molecular weight excluding hydrogens is 461 g/mol. The van der Waals surface area contributed by atoms with Gasteiger partial charge in [-0.25, -0.2) is 17.8 Å². The van der Waals surface area contributed by atoms with Crippen LogP contribution < -0.4 is 0 Å². The minimum Gasteiger partial charge on any atom is -0.376 e. The van der Waals surface area contributed by atoms with Crippen LogP contribution in [0.15, 0.2) is 46.5 Å². The fourth-order valence-electron chi connectivity index (χ4n) is 4.20. The van der Waals surface area contributed by atoms with Gasteiger partial charge < -0.3 is 9.30 Å². The van der Waals surface area contributed by atoms with Gasteiger partial charge >= 0.3 is 0 Å². The van der Waals surface area contributed by atoms with Gasteiger partial charge in [-0.3, -0.25) is 0 Å². The molecule has 6 nitrogen and oxygen atoms in total. The topological polar surface area (TPSA) is 64.4 Å². The largest absolute Gasteiger partial charge is 0.376 e.